The average molecular weight is 661 g/mol. The lowest BCUT2D eigenvalue weighted by Crippen LogP contribution is -2.46. The van der Waals surface area contributed by atoms with Gasteiger partial charge in [0.2, 0.25) is 17.7 Å². The number of hydrogen-bond donors (Lipinski definition) is 3. The number of ether oxygens (including phenoxy) is 1. The lowest BCUT2D eigenvalue weighted by molar-refractivity contribution is -0.142. The van der Waals surface area contributed by atoms with Crippen LogP contribution in [-0.2, 0) is 46.5 Å². The quantitative estimate of drug-likeness (QED) is 0.101. The van der Waals surface area contributed by atoms with Crippen molar-refractivity contribution in [1.82, 2.24) is 15.5 Å². The number of carbonyl (C=O) groups is 7. The molecule has 4 N–H and O–H groups in total. The predicted octanol–water partition coefficient (Wildman–Crippen LogP) is 3.08. The summed E-state index contributed by atoms with van der Waals surface area (Å²) >= 11 is 1.38. The zero-order chi connectivity index (χ0) is 34.2. The van der Waals surface area contributed by atoms with Crippen LogP contribution in [0.4, 0.5) is 4.79 Å². The first kappa shape index (κ1) is 38.4. The largest absolute Gasteiger partial charge is 0.461 e. The Morgan fingerprint density at radius 2 is 1.70 bits per heavy atom. The van der Waals surface area contributed by atoms with Crippen molar-refractivity contribution in [2.45, 2.75) is 96.5 Å². The molecule has 13 heteroatoms. The first-order valence-corrected chi connectivity index (χ1v) is 17.1. The summed E-state index contributed by atoms with van der Waals surface area (Å²) in [6, 6.07) is 5.55. The Kier molecular flexibility index (Phi) is 16.5. The second-order valence-electron chi connectivity index (χ2n) is 12.0. The SMILES string of the molecule is CSC1CC(=O)N(CCCCCC(=O)C[C@H](C(=O)N[C@@H](CCCNC(N)=O)C(=O)Cc2ccc(COC(C)=O)cc2)C(C)C)C1=O. The summed E-state index contributed by atoms with van der Waals surface area (Å²) in [6.45, 7) is 5.76. The first-order chi connectivity index (χ1) is 21.8. The lowest BCUT2D eigenvalue weighted by atomic mass is 9.88. The van der Waals surface area contributed by atoms with Crippen LogP contribution in [0, 0.1) is 11.8 Å². The number of carbonyl (C=O) groups excluding carboxylic acids is 7. The van der Waals surface area contributed by atoms with E-state index in [2.05, 4.69) is 10.6 Å². The molecule has 1 unspecified atom stereocenters. The number of ketones is 2. The Balaban J connectivity index is 1.93. The van der Waals surface area contributed by atoms with Crippen molar-refractivity contribution in [1.29, 1.82) is 0 Å². The zero-order valence-corrected chi connectivity index (χ0v) is 28.1. The minimum atomic E-state index is -0.832. The van der Waals surface area contributed by atoms with Crippen molar-refractivity contribution >= 4 is 53.1 Å². The molecule has 1 aromatic rings. The number of esters is 1. The van der Waals surface area contributed by atoms with Crippen LogP contribution in [0.5, 0.6) is 0 Å². The molecular weight excluding hydrogens is 612 g/mol. The molecule has 0 spiro atoms. The second kappa shape index (κ2) is 19.7. The highest BCUT2D eigenvalue weighted by atomic mass is 32.2. The molecule has 1 saturated heterocycles. The maximum Gasteiger partial charge on any atom is 0.312 e. The fraction of sp³-hybridized carbons (Fsp3) is 0.606. The molecule has 1 aliphatic heterocycles. The molecule has 0 bridgehead atoms. The van der Waals surface area contributed by atoms with Gasteiger partial charge in [-0.05, 0) is 49.0 Å². The van der Waals surface area contributed by atoms with E-state index >= 15 is 0 Å². The number of urea groups is 1. The van der Waals surface area contributed by atoms with E-state index in [0.717, 1.165) is 11.1 Å². The maximum atomic E-state index is 13.4. The standard InChI is InChI=1S/C33H48N4O8S/c1-21(2)26(18-25(39)9-6-5-7-16-37-30(41)19-29(46-4)32(37)43)31(42)36-27(10-8-15-35-33(34)44)28(40)17-23-11-13-24(14-12-23)20-45-22(3)38/h11-14,21,26-27,29H,5-10,15-20H2,1-4H3,(H,36,42)(H3,34,35,44)/t26-,27-,29?/m0/s1. The molecule has 0 aliphatic carbocycles. The Labute approximate surface area is 275 Å². The molecule has 2 rings (SSSR count). The highest BCUT2D eigenvalue weighted by molar-refractivity contribution is 8.00. The van der Waals surface area contributed by atoms with Crippen LogP contribution in [-0.4, -0.2) is 76.8 Å². The number of nitrogens with zero attached hydrogens (tertiary/aromatic N) is 1. The topological polar surface area (TPSA) is 182 Å². The third-order valence-corrected chi connectivity index (χ3v) is 8.87. The number of hydrogen-bond acceptors (Lipinski definition) is 9. The van der Waals surface area contributed by atoms with E-state index in [1.54, 1.807) is 24.3 Å². The van der Waals surface area contributed by atoms with Gasteiger partial charge in [-0.1, -0.05) is 44.5 Å². The molecule has 5 amide bonds. The summed E-state index contributed by atoms with van der Waals surface area (Å²) in [5, 5.41) is 5.05. The number of thioether (sulfide) groups is 1. The van der Waals surface area contributed by atoms with Crippen molar-refractivity contribution < 1.29 is 38.3 Å². The number of rotatable bonds is 21. The van der Waals surface area contributed by atoms with Crippen molar-refractivity contribution in [3.8, 4) is 0 Å². The minimum absolute atomic E-state index is 0.0376. The van der Waals surface area contributed by atoms with Crippen LogP contribution in [0.25, 0.3) is 0 Å². The van der Waals surface area contributed by atoms with Gasteiger partial charge >= 0.3 is 12.0 Å². The third-order valence-electron chi connectivity index (χ3n) is 7.93. The predicted molar refractivity (Wildman–Crippen MR) is 174 cm³/mol. The first-order valence-electron chi connectivity index (χ1n) is 15.8. The highest BCUT2D eigenvalue weighted by Gasteiger charge is 2.37. The van der Waals surface area contributed by atoms with Gasteiger partial charge in [0.25, 0.3) is 0 Å². The van der Waals surface area contributed by atoms with Gasteiger partial charge in [-0.2, -0.15) is 11.8 Å². The van der Waals surface area contributed by atoms with Gasteiger partial charge in [0.15, 0.2) is 5.78 Å². The van der Waals surface area contributed by atoms with E-state index in [4.69, 9.17) is 10.5 Å². The highest BCUT2D eigenvalue weighted by Crippen LogP contribution is 2.24. The molecule has 1 aromatic carbocycles. The molecular formula is C33H48N4O8S. The summed E-state index contributed by atoms with van der Waals surface area (Å²) in [5.74, 6) is -2.13. The van der Waals surface area contributed by atoms with Crippen molar-refractivity contribution in [3.63, 3.8) is 0 Å². The van der Waals surface area contributed by atoms with Gasteiger partial charge < -0.3 is 21.1 Å². The normalized spacial score (nSPS) is 15.8. The van der Waals surface area contributed by atoms with Crippen LogP contribution >= 0.6 is 11.8 Å². The van der Waals surface area contributed by atoms with Crippen molar-refractivity contribution in [3.05, 3.63) is 35.4 Å². The number of likely N-dealkylation sites (tertiary alicyclic amines) is 1. The zero-order valence-electron chi connectivity index (χ0n) is 27.3. The number of nitrogens with two attached hydrogens (primary N) is 1. The summed E-state index contributed by atoms with van der Waals surface area (Å²) < 4.78 is 5.00. The number of primary amides is 1. The summed E-state index contributed by atoms with van der Waals surface area (Å²) in [5.41, 5.74) is 6.65. The van der Waals surface area contributed by atoms with E-state index in [9.17, 15) is 33.6 Å². The second-order valence-corrected chi connectivity index (χ2v) is 13.0. The van der Waals surface area contributed by atoms with Crippen LogP contribution in [0.15, 0.2) is 24.3 Å². The maximum absolute atomic E-state index is 13.4. The molecule has 1 fully saturated rings. The Hall–Kier alpha value is -3.74. The number of unbranched alkanes of at least 4 members (excludes halogenated alkanes) is 2. The molecule has 1 heterocycles. The summed E-state index contributed by atoms with van der Waals surface area (Å²) in [7, 11) is 0. The molecule has 1 aliphatic rings. The fourth-order valence-electron chi connectivity index (χ4n) is 5.19. The molecule has 0 saturated carbocycles. The minimum Gasteiger partial charge on any atom is -0.461 e. The molecule has 0 radical (unpaired) electrons. The van der Waals surface area contributed by atoms with Crippen LogP contribution in [0.1, 0.15) is 83.3 Å². The van der Waals surface area contributed by atoms with E-state index in [1.807, 2.05) is 20.1 Å². The molecule has 46 heavy (non-hydrogen) atoms. The number of amides is 5. The summed E-state index contributed by atoms with van der Waals surface area (Å²) in [4.78, 5) is 87.4. The van der Waals surface area contributed by atoms with Gasteiger partial charge in [0.05, 0.1) is 11.3 Å². The molecule has 0 aromatic heterocycles. The van der Waals surface area contributed by atoms with Crippen LogP contribution in [0.2, 0.25) is 0 Å². The van der Waals surface area contributed by atoms with Crippen molar-refractivity contribution in [2.75, 3.05) is 19.3 Å². The van der Waals surface area contributed by atoms with Gasteiger partial charge in [0, 0.05) is 51.6 Å². The van der Waals surface area contributed by atoms with E-state index in [-0.39, 0.29) is 91.7 Å². The lowest BCUT2D eigenvalue weighted by Gasteiger charge is -2.24. The smallest absolute Gasteiger partial charge is 0.312 e. The number of benzene rings is 1. The van der Waals surface area contributed by atoms with Crippen molar-refractivity contribution in [2.24, 2.45) is 17.6 Å². The monoisotopic (exact) mass is 660 g/mol. The van der Waals surface area contributed by atoms with Gasteiger partial charge in [-0.15, -0.1) is 0 Å². The summed E-state index contributed by atoms with van der Waals surface area (Å²) in [6.07, 6.45) is 4.97. The van der Waals surface area contributed by atoms with E-state index in [1.165, 1.54) is 23.6 Å². The number of nitrogens with one attached hydrogen (secondary N) is 2. The van der Waals surface area contributed by atoms with Gasteiger partial charge in [0.1, 0.15) is 12.4 Å². The van der Waals surface area contributed by atoms with Gasteiger partial charge in [-0.25, -0.2) is 4.79 Å². The van der Waals surface area contributed by atoms with E-state index in [0.29, 0.717) is 32.2 Å². The van der Waals surface area contributed by atoms with Crippen LogP contribution in [0.3, 0.4) is 0 Å². The fourth-order valence-corrected chi connectivity index (χ4v) is 5.83. The Bertz CT molecular complexity index is 1240. The molecule has 3 atom stereocenters. The number of imide groups is 1. The Morgan fingerprint density at radius 1 is 1.02 bits per heavy atom. The average Bonchev–Trinajstić information content (AvgIpc) is 3.28. The van der Waals surface area contributed by atoms with Gasteiger partial charge in [-0.3, -0.25) is 33.7 Å². The Morgan fingerprint density at radius 3 is 2.28 bits per heavy atom. The van der Waals surface area contributed by atoms with Crippen LogP contribution < -0.4 is 16.4 Å². The third kappa shape index (κ3) is 13.3. The molecule has 254 valence electrons. The van der Waals surface area contributed by atoms with E-state index < -0.39 is 18.0 Å². The number of Topliss-reactive ketones (excluding diaryl/α,β-unsaturated/α-hetero) is 2. The molecule has 12 nitrogen and oxygen atoms in total.